The third-order valence-corrected chi connectivity index (χ3v) is 3.83. The quantitative estimate of drug-likeness (QED) is 0.852. The maximum absolute atomic E-state index is 11.2. The number of ether oxygens (including phenoxy) is 1. The van der Waals surface area contributed by atoms with Gasteiger partial charge in [-0.25, -0.2) is 4.98 Å². The number of rotatable bonds is 6. The van der Waals surface area contributed by atoms with E-state index in [2.05, 4.69) is 10.3 Å². The molecule has 0 saturated carbocycles. The van der Waals surface area contributed by atoms with Crippen molar-refractivity contribution in [1.82, 2.24) is 4.98 Å². The van der Waals surface area contributed by atoms with Crippen LogP contribution in [0.2, 0.25) is 0 Å². The Kier molecular flexibility index (Phi) is 4.47. The Morgan fingerprint density at radius 2 is 2.24 bits per heavy atom. The molecule has 0 bridgehead atoms. The Morgan fingerprint density at radius 3 is 2.90 bits per heavy atom. The van der Waals surface area contributed by atoms with E-state index in [1.807, 2.05) is 31.2 Å². The highest BCUT2D eigenvalue weighted by molar-refractivity contribution is 7.13. The molecule has 112 valence electrons. The minimum atomic E-state index is -0.996. The fourth-order valence-electron chi connectivity index (χ4n) is 1.68. The number of aliphatic carboxylic acids is 1. The number of carboxylic acid groups (broad SMARTS) is 1. The van der Waals surface area contributed by atoms with Gasteiger partial charge in [-0.15, -0.1) is 11.3 Å². The summed E-state index contributed by atoms with van der Waals surface area (Å²) < 4.78 is 5.44. The predicted octanol–water partition coefficient (Wildman–Crippen LogP) is 3.65. The zero-order valence-corrected chi connectivity index (χ0v) is 13.0. The Morgan fingerprint density at radius 1 is 1.48 bits per heavy atom. The van der Waals surface area contributed by atoms with Crippen LogP contribution in [0.15, 0.2) is 29.6 Å². The van der Waals surface area contributed by atoms with Crippen molar-refractivity contribution in [3.8, 4) is 5.75 Å². The second-order valence-corrected chi connectivity index (χ2v) is 5.91. The highest BCUT2D eigenvalue weighted by atomic mass is 32.1. The van der Waals surface area contributed by atoms with Crippen molar-refractivity contribution in [2.45, 2.75) is 26.2 Å². The average molecular weight is 306 g/mol. The van der Waals surface area contributed by atoms with Gasteiger partial charge in [0.2, 0.25) is 0 Å². The minimum Gasteiger partial charge on any atom is -0.494 e. The fraction of sp³-hybridized carbons (Fsp3) is 0.333. The van der Waals surface area contributed by atoms with Crippen LogP contribution in [0.3, 0.4) is 0 Å². The molecule has 0 fully saturated rings. The molecule has 2 aromatic rings. The highest BCUT2D eigenvalue weighted by Crippen LogP contribution is 2.29. The lowest BCUT2D eigenvalue weighted by molar-refractivity contribution is -0.142. The molecule has 0 atom stereocenters. The van der Waals surface area contributed by atoms with Gasteiger partial charge in [-0.1, -0.05) is 6.07 Å². The molecule has 0 amide bonds. The van der Waals surface area contributed by atoms with Crippen molar-refractivity contribution in [3.63, 3.8) is 0 Å². The second-order valence-electron chi connectivity index (χ2n) is 5.05. The Bertz CT molecular complexity index is 637. The minimum absolute atomic E-state index is 0.545. The normalized spacial score (nSPS) is 11.2. The first kappa shape index (κ1) is 15.3. The van der Waals surface area contributed by atoms with E-state index >= 15 is 0 Å². The van der Waals surface area contributed by atoms with Crippen LogP contribution in [0.4, 0.5) is 10.8 Å². The molecule has 0 aliphatic heterocycles. The average Bonchev–Trinajstić information content (AvgIpc) is 2.88. The summed E-state index contributed by atoms with van der Waals surface area (Å²) >= 11 is 1.38. The van der Waals surface area contributed by atoms with Crippen LogP contribution in [-0.4, -0.2) is 22.7 Å². The lowest BCUT2D eigenvalue weighted by atomic mass is 9.90. The van der Waals surface area contributed by atoms with Crippen molar-refractivity contribution >= 4 is 28.1 Å². The van der Waals surface area contributed by atoms with E-state index in [0.717, 1.165) is 11.4 Å². The predicted molar refractivity (Wildman–Crippen MR) is 83.7 cm³/mol. The highest BCUT2D eigenvalue weighted by Gasteiger charge is 2.32. The van der Waals surface area contributed by atoms with Crippen LogP contribution in [0.25, 0.3) is 0 Å². The molecule has 5 nitrogen and oxygen atoms in total. The molecule has 6 heteroatoms. The molecule has 0 spiro atoms. The van der Waals surface area contributed by atoms with Gasteiger partial charge in [0.15, 0.2) is 5.13 Å². The molecule has 0 saturated heterocycles. The van der Waals surface area contributed by atoms with Crippen LogP contribution >= 0.6 is 11.3 Å². The monoisotopic (exact) mass is 306 g/mol. The van der Waals surface area contributed by atoms with Crippen molar-refractivity contribution in [3.05, 3.63) is 35.3 Å². The number of hydrogen-bond donors (Lipinski definition) is 2. The smallest absolute Gasteiger partial charge is 0.315 e. The van der Waals surface area contributed by atoms with Crippen LogP contribution in [0, 0.1) is 0 Å². The van der Waals surface area contributed by atoms with Gasteiger partial charge in [0.25, 0.3) is 0 Å². The first-order chi connectivity index (χ1) is 9.93. The van der Waals surface area contributed by atoms with Crippen molar-refractivity contribution < 1.29 is 14.6 Å². The first-order valence-electron chi connectivity index (χ1n) is 6.62. The van der Waals surface area contributed by atoms with Crippen molar-refractivity contribution in [1.29, 1.82) is 0 Å². The summed E-state index contributed by atoms with van der Waals surface area (Å²) in [5.74, 6) is -0.108. The lowest BCUT2D eigenvalue weighted by Crippen LogP contribution is -2.28. The number of benzene rings is 1. The number of nitrogens with zero attached hydrogens (tertiary/aromatic N) is 1. The Balaban J connectivity index is 2.16. The van der Waals surface area contributed by atoms with Gasteiger partial charge in [-0.2, -0.15) is 0 Å². The molecule has 1 aromatic carbocycles. The Labute approximate surface area is 127 Å². The van der Waals surface area contributed by atoms with E-state index in [9.17, 15) is 9.90 Å². The summed E-state index contributed by atoms with van der Waals surface area (Å²) in [4.78, 5) is 15.6. The summed E-state index contributed by atoms with van der Waals surface area (Å²) in [5.41, 5.74) is 0.405. The summed E-state index contributed by atoms with van der Waals surface area (Å²) in [6, 6.07) is 7.57. The fourth-order valence-corrected chi connectivity index (χ4v) is 2.58. The van der Waals surface area contributed by atoms with E-state index in [1.165, 1.54) is 11.3 Å². The number of carbonyl (C=O) groups is 1. The van der Waals surface area contributed by atoms with E-state index < -0.39 is 11.4 Å². The molecule has 1 aromatic heterocycles. The van der Waals surface area contributed by atoms with E-state index in [4.69, 9.17) is 4.74 Å². The van der Waals surface area contributed by atoms with E-state index in [0.29, 0.717) is 17.4 Å². The van der Waals surface area contributed by atoms with Crippen molar-refractivity contribution in [2.75, 3.05) is 11.9 Å². The zero-order valence-electron chi connectivity index (χ0n) is 12.2. The van der Waals surface area contributed by atoms with Gasteiger partial charge in [0.1, 0.15) is 11.2 Å². The molecule has 0 aliphatic carbocycles. The number of nitrogens with one attached hydrogen (secondary N) is 1. The van der Waals surface area contributed by atoms with Crippen molar-refractivity contribution in [2.24, 2.45) is 0 Å². The molecule has 1 heterocycles. The molecule has 0 radical (unpaired) electrons. The van der Waals surface area contributed by atoms with E-state index in [1.54, 1.807) is 19.2 Å². The third kappa shape index (κ3) is 3.52. The number of aromatic nitrogens is 1. The van der Waals surface area contributed by atoms with Crippen LogP contribution < -0.4 is 10.1 Å². The standard InChI is InChI=1S/C15H18N2O3S/c1-4-20-11-7-5-6-10(8-11)16-14-17-12(9-21-14)15(2,3)13(18)19/h5-9H,4H2,1-3H3,(H,16,17)(H,18,19). The van der Waals surface area contributed by atoms with Crippen LogP contribution in [-0.2, 0) is 10.2 Å². The second kappa shape index (κ2) is 6.13. The largest absolute Gasteiger partial charge is 0.494 e. The van der Waals surface area contributed by atoms with Crippen LogP contribution in [0.1, 0.15) is 26.5 Å². The molecule has 0 aliphatic rings. The molecule has 2 N–H and O–H groups in total. The number of hydrogen-bond acceptors (Lipinski definition) is 5. The molecular weight excluding hydrogens is 288 g/mol. The third-order valence-electron chi connectivity index (χ3n) is 3.08. The molecule has 21 heavy (non-hydrogen) atoms. The van der Waals surface area contributed by atoms with Gasteiger partial charge in [0, 0.05) is 17.1 Å². The van der Waals surface area contributed by atoms with Gasteiger partial charge >= 0.3 is 5.97 Å². The summed E-state index contributed by atoms with van der Waals surface area (Å²) in [6.45, 7) is 5.83. The SMILES string of the molecule is CCOc1cccc(Nc2nc(C(C)(C)C(=O)O)cs2)c1. The van der Waals surface area contributed by atoms with Gasteiger partial charge in [0.05, 0.1) is 12.3 Å². The van der Waals surface area contributed by atoms with E-state index in [-0.39, 0.29) is 0 Å². The number of thiazole rings is 1. The summed E-state index contributed by atoms with van der Waals surface area (Å²) in [7, 11) is 0. The van der Waals surface area contributed by atoms with Gasteiger partial charge in [-0.3, -0.25) is 4.79 Å². The van der Waals surface area contributed by atoms with Gasteiger partial charge in [-0.05, 0) is 32.9 Å². The molecular formula is C15H18N2O3S. The molecule has 2 rings (SSSR count). The number of anilines is 2. The number of carboxylic acids is 1. The summed E-state index contributed by atoms with van der Waals surface area (Å²) in [5, 5.41) is 14.8. The summed E-state index contributed by atoms with van der Waals surface area (Å²) in [6.07, 6.45) is 0. The lowest BCUT2D eigenvalue weighted by Gasteiger charge is -2.15. The molecule has 0 unspecified atom stereocenters. The first-order valence-corrected chi connectivity index (χ1v) is 7.50. The Hall–Kier alpha value is -2.08. The topological polar surface area (TPSA) is 71.5 Å². The zero-order chi connectivity index (χ0) is 15.5. The van der Waals surface area contributed by atoms with Crippen LogP contribution in [0.5, 0.6) is 5.75 Å². The maximum Gasteiger partial charge on any atom is 0.315 e. The van der Waals surface area contributed by atoms with Gasteiger partial charge < -0.3 is 15.2 Å². The maximum atomic E-state index is 11.2.